The van der Waals surface area contributed by atoms with E-state index in [9.17, 15) is 14.0 Å². The monoisotopic (exact) mass is 307 g/mol. The number of rotatable bonds is 8. The summed E-state index contributed by atoms with van der Waals surface area (Å²) in [7, 11) is 0. The van der Waals surface area contributed by atoms with Crippen LogP contribution in [0.1, 0.15) is 37.3 Å². The molecule has 0 heterocycles. The van der Waals surface area contributed by atoms with Gasteiger partial charge in [-0.2, -0.15) is 0 Å². The first-order valence-electron chi connectivity index (χ1n) is 7.39. The van der Waals surface area contributed by atoms with Crippen molar-refractivity contribution < 1.29 is 19.1 Å². The van der Waals surface area contributed by atoms with Crippen LogP contribution in [0.5, 0.6) is 0 Å². The molecule has 0 bridgehead atoms. The molecule has 1 unspecified atom stereocenters. The molecule has 4 nitrogen and oxygen atoms in total. The SMILES string of the molecule is CCCC(CCNC(=O)/C=C/c1cccc(C)c1F)C(=O)O. The Morgan fingerprint density at radius 3 is 2.73 bits per heavy atom. The van der Waals surface area contributed by atoms with Gasteiger partial charge in [0.2, 0.25) is 5.91 Å². The molecule has 0 saturated heterocycles. The van der Waals surface area contributed by atoms with Crippen molar-refractivity contribution in [2.75, 3.05) is 6.54 Å². The average Bonchev–Trinajstić information content (AvgIpc) is 2.47. The molecule has 0 aliphatic carbocycles. The molecule has 1 atom stereocenters. The van der Waals surface area contributed by atoms with Crippen LogP contribution < -0.4 is 5.32 Å². The van der Waals surface area contributed by atoms with E-state index in [1.807, 2.05) is 6.92 Å². The van der Waals surface area contributed by atoms with Crippen LogP contribution >= 0.6 is 0 Å². The summed E-state index contributed by atoms with van der Waals surface area (Å²) in [6.45, 7) is 3.87. The third-order valence-corrected chi connectivity index (χ3v) is 3.41. The van der Waals surface area contributed by atoms with Crippen molar-refractivity contribution in [3.8, 4) is 0 Å². The number of carboxylic acids is 1. The average molecular weight is 307 g/mol. The Bertz CT molecular complexity index is 555. The van der Waals surface area contributed by atoms with Crippen LogP contribution in [0.2, 0.25) is 0 Å². The van der Waals surface area contributed by atoms with Crippen molar-refractivity contribution in [3.63, 3.8) is 0 Å². The van der Waals surface area contributed by atoms with E-state index in [1.54, 1.807) is 25.1 Å². The number of amides is 1. The van der Waals surface area contributed by atoms with E-state index in [1.165, 1.54) is 12.2 Å². The van der Waals surface area contributed by atoms with Crippen molar-refractivity contribution in [3.05, 3.63) is 41.2 Å². The van der Waals surface area contributed by atoms with Gasteiger partial charge in [-0.1, -0.05) is 31.5 Å². The topological polar surface area (TPSA) is 66.4 Å². The number of benzene rings is 1. The Balaban J connectivity index is 2.48. The number of carboxylic acid groups (broad SMARTS) is 1. The number of carbonyl (C=O) groups excluding carboxylic acids is 1. The number of hydrogen-bond donors (Lipinski definition) is 2. The lowest BCUT2D eigenvalue weighted by Crippen LogP contribution is -2.26. The first kappa shape index (κ1) is 17.9. The summed E-state index contributed by atoms with van der Waals surface area (Å²) < 4.78 is 13.7. The van der Waals surface area contributed by atoms with Crippen LogP contribution in [0, 0.1) is 18.7 Å². The van der Waals surface area contributed by atoms with E-state index >= 15 is 0 Å². The number of aliphatic carboxylic acids is 1. The molecule has 0 aromatic heterocycles. The minimum absolute atomic E-state index is 0.288. The van der Waals surface area contributed by atoms with Gasteiger partial charge in [0.15, 0.2) is 0 Å². The van der Waals surface area contributed by atoms with Crippen LogP contribution in [0.4, 0.5) is 4.39 Å². The van der Waals surface area contributed by atoms with Gasteiger partial charge in [0.1, 0.15) is 5.82 Å². The number of nitrogens with one attached hydrogen (secondary N) is 1. The predicted molar refractivity (Wildman–Crippen MR) is 83.8 cm³/mol. The predicted octanol–water partition coefficient (Wildman–Crippen LogP) is 3.15. The first-order valence-corrected chi connectivity index (χ1v) is 7.39. The highest BCUT2D eigenvalue weighted by atomic mass is 19.1. The first-order chi connectivity index (χ1) is 10.5. The third kappa shape index (κ3) is 5.68. The minimum Gasteiger partial charge on any atom is -0.481 e. The van der Waals surface area contributed by atoms with E-state index < -0.39 is 11.9 Å². The summed E-state index contributed by atoms with van der Waals surface area (Å²) in [6, 6.07) is 4.97. The molecule has 5 heteroatoms. The van der Waals surface area contributed by atoms with Gasteiger partial charge in [-0.05, 0) is 31.4 Å². The molecule has 0 saturated carbocycles. The second-order valence-corrected chi connectivity index (χ2v) is 5.21. The Hall–Kier alpha value is -2.17. The molecule has 1 aromatic rings. The van der Waals surface area contributed by atoms with Gasteiger partial charge >= 0.3 is 5.97 Å². The maximum Gasteiger partial charge on any atom is 0.306 e. The zero-order valence-electron chi connectivity index (χ0n) is 12.9. The van der Waals surface area contributed by atoms with E-state index in [0.29, 0.717) is 24.0 Å². The Kier molecular flexibility index (Phi) is 7.29. The Morgan fingerprint density at radius 2 is 2.09 bits per heavy atom. The second-order valence-electron chi connectivity index (χ2n) is 5.21. The summed E-state index contributed by atoms with van der Waals surface area (Å²) >= 11 is 0. The molecule has 2 N–H and O–H groups in total. The van der Waals surface area contributed by atoms with Gasteiger partial charge in [0.25, 0.3) is 0 Å². The Morgan fingerprint density at radius 1 is 1.36 bits per heavy atom. The van der Waals surface area contributed by atoms with Crippen molar-refractivity contribution in [2.45, 2.75) is 33.1 Å². The Labute approximate surface area is 130 Å². The largest absolute Gasteiger partial charge is 0.481 e. The zero-order valence-corrected chi connectivity index (χ0v) is 12.9. The summed E-state index contributed by atoms with van der Waals surface area (Å²) in [5.41, 5.74) is 0.871. The number of halogens is 1. The van der Waals surface area contributed by atoms with Crippen molar-refractivity contribution >= 4 is 18.0 Å². The lowest BCUT2D eigenvalue weighted by atomic mass is 10.0. The molecule has 0 spiro atoms. The second kappa shape index (κ2) is 8.97. The minimum atomic E-state index is -0.839. The van der Waals surface area contributed by atoms with E-state index in [0.717, 1.165) is 6.42 Å². The highest BCUT2D eigenvalue weighted by Crippen LogP contribution is 2.13. The van der Waals surface area contributed by atoms with Crippen LogP contribution in [0.25, 0.3) is 6.08 Å². The molecular formula is C17H22FNO3. The van der Waals surface area contributed by atoms with Crippen LogP contribution in [-0.4, -0.2) is 23.5 Å². The molecule has 0 radical (unpaired) electrons. The summed E-state index contributed by atoms with van der Waals surface area (Å²) in [5.74, 6) is -1.99. The van der Waals surface area contributed by atoms with Crippen LogP contribution in [-0.2, 0) is 9.59 Å². The van der Waals surface area contributed by atoms with E-state index in [4.69, 9.17) is 5.11 Å². The van der Waals surface area contributed by atoms with Crippen molar-refractivity contribution in [1.29, 1.82) is 0 Å². The number of carbonyl (C=O) groups is 2. The van der Waals surface area contributed by atoms with Crippen LogP contribution in [0.15, 0.2) is 24.3 Å². The maximum atomic E-state index is 13.7. The van der Waals surface area contributed by atoms with Gasteiger partial charge in [-0.15, -0.1) is 0 Å². The van der Waals surface area contributed by atoms with Gasteiger partial charge in [-0.3, -0.25) is 9.59 Å². The molecule has 1 amide bonds. The van der Waals surface area contributed by atoms with Gasteiger partial charge in [0, 0.05) is 18.2 Å². The third-order valence-electron chi connectivity index (χ3n) is 3.41. The molecule has 0 aliphatic rings. The lowest BCUT2D eigenvalue weighted by Gasteiger charge is -2.10. The van der Waals surface area contributed by atoms with Gasteiger partial charge in [-0.25, -0.2) is 4.39 Å². The highest BCUT2D eigenvalue weighted by Gasteiger charge is 2.15. The zero-order chi connectivity index (χ0) is 16.5. The fraction of sp³-hybridized carbons (Fsp3) is 0.412. The maximum absolute atomic E-state index is 13.7. The number of aryl methyl sites for hydroxylation is 1. The molecular weight excluding hydrogens is 285 g/mol. The highest BCUT2D eigenvalue weighted by molar-refractivity contribution is 5.91. The standard InChI is InChI=1S/C17H22FNO3/c1-3-5-14(17(21)22)10-11-19-15(20)9-8-13-7-4-6-12(2)16(13)18/h4,6-9,14H,3,5,10-11H2,1-2H3,(H,19,20)(H,21,22)/b9-8+. The van der Waals surface area contributed by atoms with Crippen molar-refractivity contribution in [1.82, 2.24) is 5.32 Å². The lowest BCUT2D eigenvalue weighted by molar-refractivity contribution is -0.142. The molecule has 1 aromatic carbocycles. The summed E-state index contributed by atoms with van der Waals surface area (Å²) in [5, 5.41) is 11.6. The molecule has 120 valence electrons. The fourth-order valence-electron chi connectivity index (χ4n) is 2.13. The summed E-state index contributed by atoms with van der Waals surface area (Å²) in [4.78, 5) is 22.6. The number of hydrogen-bond acceptors (Lipinski definition) is 2. The molecule has 0 fully saturated rings. The summed E-state index contributed by atoms with van der Waals surface area (Å²) in [6.07, 6.45) is 4.44. The van der Waals surface area contributed by atoms with Crippen molar-refractivity contribution in [2.24, 2.45) is 5.92 Å². The molecule has 1 rings (SSSR count). The molecule has 0 aliphatic heterocycles. The molecule has 22 heavy (non-hydrogen) atoms. The quantitative estimate of drug-likeness (QED) is 0.725. The smallest absolute Gasteiger partial charge is 0.306 e. The van der Waals surface area contributed by atoms with Gasteiger partial charge in [0.05, 0.1) is 5.92 Å². The van der Waals surface area contributed by atoms with Crippen LogP contribution in [0.3, 0.4) is 0 Å². The fourth-order valence-corrected chi connectivity index (χ4v) is 2.13. The van der Waals surface area contributed by atoms with E-state index in [2.05, 4.69) is 5.32 Å². The van der Waals surface area contributed by atoms with E-state index in [-0.39, 0.29) is 18.3 Å². The van der Waals surface area contributed by atoms with Gasteiger partial charge < -0.3 is 10.4 Å². The normalized spacial score (nSPS) is 12.3.